The van der Waals surface area contributed by atoms with Crippen molar-refractivity contribution in [2.75, 3.05) is 0 Å². The van der Waals surface area contributed by atoms with Gasteiger partial charge in [-0.1, -0.05) is 36.4 Å². The van der Waals surface area contributed by atoms with Gasteiger partial charge in [0.05, 0.1) is 0 Å². The predicted molar refractivity (Wildman–Crippen MR) is 84.2 cm³/mol. The lowest BCUT2D eigenvalue weighted by molar-refractivity contribution is 0.476. The Morgan fingerprint density at radius 1 is 0.864 bits per heavy atom. The number of tetrazole rings is 1. The minimum absolute atomic E-state index is 0.233. The third kappa shape index (κ3) is 2.09. The number of nitrogens with zero attached hydrogens (tertiary/aromatic N) is 3. The van der Waals surface area contributed by atoms with Gasteiger partial charge in [0.25, 0.3) is 0 Å². The number of hydrogen-bond acceptors (Lipinski definition) is 4. The largest absolute Gasteiger partial charge is 0.508 e. The van der Waals surface area contributed by atoms with Gasteiger partial charge in [0.1, 0.15) is 5.75 Å². The van der Waals surface area contributed by atoms with Crippen LogP contribution in [0.25, 0.3) is 33.3 Å². The summed E-state index contributed by atoms with van der Waals surface area (Å²) in [5.41, 5.74) is 3.02. The van der Waals surface area contributed by atoms with Gasteiger partial charge in [-0.05, 0) is 51.4 Å². The summed E-state index contributed by atoms with van der Waals surface area (Å²) in [6, 6.07) is 19.5. The van der Waals surface area contributed by atoms with E-state index in [-0.39, 0.29) is 5.75 Å². The molecule has 0 saturated heterocycles. The Labute approximate surface area is 126 Å². The number of benzene rings is 3. The lowest BCUT2D eigenvalue weighted by Gasteiger charge is -2.09. The van der Waals surface area contributed by atoms with Crippen molar-refractivity contribution in [3.63, 3.8) is 0 Å². The second kappa shape index (κ2) is 4.96. The van der Waals surface area contributed by atoms with E-state index >= 15 is 0 Å². The van der Waals surface area contributed by atoms with E-state index in [0.717, 1.165) is 27.5 Å². The highest BCUT2D eigenvalue weighted by Gasteiger charge is 2.10. The highest BCUT2D eigenvalue weighted by molar-refractivity contribution is 6.00. The molecule has 0 unspecified atom stereocenters. The Morgan fingerprint density at radius 2 is 1.73 bits per heavy atom. The van der Waals surface area contributed by atoms with Crippen LogP contribution < -0.4 is 0 Å². The van der Waals surface area contributed by atoms with Crippen molar-refractivity contribution in [1.29, 1.82) is 0 Å². The molecule has 5 nitrogen and oxygen atoms in total. The van der Waals surface area contributed by atoms with Crippen LogP contribution in [0.3, 0.4) is 0 Å². The van der Waals surface area contributed by atoms with Crippen molar-refractivity contribution in [1.82, 2.24) is 20.6 Å². The Kier molecular flexibility index (Phi) is 2.83. The molecule has 0 atom stereocenters. The molecule has 4 aromatic rings. The average molecular weight is 288 g/mol. The summed E-state index contributed by atoms with van der Waals surface area (Å²) < 4.78 is 0. The van der Waals surface area contributed by atoms with Gasteiger partial charge in [0, 0.05) is 5.56 Å². The van der Waals surface area contributed by atoms with Crippen molar-refractivity contribution >= 4 is 10.8 Å². The summed E-state index contributed by atoms with van der Waals surface area (Å²) in [6.45, 7) is 0. The van der Waals surface area contributed by atoms with Crippen molar-refractivity contribution < 1.29 is 5.11 Å². The van der Waals surface area contributed by atoms with E-state index in [4.69, 9.17) is 0 Å². The molecule has 4 rings (SSSR count). The molecule has 0 radical (unpaired) electrons. The van der Waals surface area contributed by atoms with E-state index in [1.54, 1.807) is 12.1 Å². The Balaban J connectivity index is 2.05. The normalized spacial score (nSPS) is 10.9. The van der Waals surface area contributed by atoms with E-state index < -0.39 is 0 Å². The Bertz CT molecular complexity index is 934. The molecule has 1 heterocycles. The third-order valence-electron chi connectivity index (χ3n) is 3.62. The van der Waals surface area contributed by atoms with Crippen LogP contribution in [-0.2, 0) is 0 Å². The van der Waals surface area contributed by atoms with Crippen molar-refractivity contribution in [3.05, 3.63) is 60.7 Å². The van der Waals surface area contributed by atoms with Crippen LogP contribution in [0.1, 0.15) is 0 Å². The molecular weight excluding hydrogens is 276 g/mol. The lowest BCUT2D eigenvalue weighted by Crippen LogP contribution is -1.87. The number of phenolic OH excluding ortho intramolecular Hbond substituents is 1. The molecule has 22 heavy (non-hydrogen) atoms. The minimum Gasteiger partial charge on any atom is -0.508 e. The second-order valence-electron chi connectivity index (χ2n) is 5.03. The summed E-state index contributed by atoms with van der Waals surface area (Å²) in [5, 5.41) is 25.9. The molecule has 0 aliphatic heterocycles. The highest BCUT2D eigenvalue weighted by Crippen LogP contribution is 2.34. The smallest absolute Gasteiger partial charge is 0.204 e. The zero-order valence-corrected chi connectivity index (χ0v) is 11.6. The molecule has 0 aliphatic carbocycles. The van der Waals surface area contributed by atoms with Crippen molar-refractivity contribution in [3.8, 4) is 28.3 Å². The molecule has 0 bridgehead atoms. The zero-order valence-electron chi connectivity index (χ0n) is 11.6. The van der Waals surface area contributed by atoms with Crippen LogP contribution in [0.2, 0.25) is 0 Å². The highest BCUT2D eigenvalue weighted by atomic mass is 16.3. The lowest BCUT2D eigenvalue weighted by atomic mass is 9.95. The van der Waals surface area contributed by atoms with Crippen LogP contribution in [0.4, 0.5) is 0 Å². The quantitative estimate of drug-likeness (QED) is 0.593. The number of aromatic hydroxyl groups is 1. The van der Waals surface area contributed by atoms with Crippen LogP contribution >= 0.6 is 0 Å². The number of hydrogen-bond donors (Lipinski definition) is 2. The number of phenols is 1. The van der Waals surface area contributed by atoms with Gasteiger partial charge in [-0.2, -0.15) is 5.21 Å². The van der Waals surface area contributed by atoms with Crippen LogP contribution in [0.15, 0.2) is 60.7 Å². The number of aromatic amines is 1. The molecule has 0 saturated carbocycles. The average Bonchev–Trinajstić information content (AvgIpc) is 3.09. The van der Waals surface area contributed by atoms with E-state index in [1.165, 1.54) is 0 Å². The fraction of sp³-hybridized carbons (Fsp3) is 0. The molecular formula is C17H12N4O. The summed E-state index contributed by atoms with van der Waals surface area (Å²) in [6.07, 6.45) is 0. The molecule has 0 aliphatic rings. The monoisotopic (exact) mass is 288 g/mol. The van der Waals surface area contributed by atoms with E-state index in [2.05, 4.69) is 32.8 Å². The van der Waals surface area contributed by atoms with Crippen molar-refractivity contribution in [2.45, 2.75) is 0 Å². The maximum absolute atomic E-state index is 9.76. The van der Waals surface area contributed by atoms with Gasteiger partial charge in [-0.25, -0.2) is 0 Å². The number of nitrogens with one attached hydrogen (secondary N) is 1. The van der Waals surface area contributed by atoms with Crippen LogP contribution in [-0.4, -0.2) is 25.7 Å². The van der Waals surface area contributed by atoms with Gasteiger partial charge >= 0.3 is 0 Å². The Morgan fingerprint density at radius 3 is 2.50 bits per heavy atom. The van der Waals surface area contributed by atoms with Gasteiger partial charge in [0.2, 0.25) is 5.82 Å². The van der Waals surface area contributed by atoms with Gasteiger partial charge < -0.3 is 5.11 Å². The summed E-state index contributed by atoms with van der Waals surface area (Å²) in [4.78, 5) is 0. The number of rotatable bonds is 2. The summed E-state index contributed by atoms with van der Waals surface area (Å²) >= 11 is 0. The van der Waals surface area contributed by atoms with Gasteiger partial charge in [0.15, 0.2) is 0 Å². The van der Waals surface area contributed by atoms with E-state index in [0.29, 0.717) is 5.82 Å². The molecule has 5 heteroatoms. The maximum Gasteiger partial charge on any atom is 0.204 e. The van der Waals surface area contributed by atoms with Crippen molar-refractivity contribution in [2.24, 2.45) is 0 Å². The Hall–Kier alpha value is -3.21. The fourth-order valence-electron chi connectivity index (χ4n) is 2.63. The van der Waals surface area contributed by atoms with Crippen LogP contribution in [0.5, 0.6) is 5.75 Å². The molecule has 1 aromatic heterocycles. The molecule has 3 aromatic carbocycles. The van der Waals surface area contributed by atoms with Crippen LogP contribution in [0, 0.1) is 0 Å². The minimum atomic E-state index is 0.233. The molecule has 106 valence electrons. The molecule has 0 fully saturated rings. The number of fused-ring (bicyclic) bond motifs is 1. The standard InChI is InChI=1S/C17H12N4O/c22-14-6-7-15-12(9-14)8-13(17-18-20-21-19-17)10-16(15)11-4-2-1-3-5-11/h1-10,22H,(H,18,19,20,21). The first-order valence-electron chi connectivity index (χ1n) is 6.87. The molecule has 2 N–H and O–H groups in total. The fourth-order valence-corrected chi connectivity index (χ4v) is 2.63. The molecule has 0 spiro atoms. The summed E-state index contributed by atoms with van der Waals surface area (Å²) in [5.74, 6) is 0.763. The van der Waals surface area contributed by atoms with Gasteiger partial charge in [-0.15, -0.1) is 10.2 Å². The predicted octanol–water partition coefficient (Wildman–Crippen LogP) is 3.39. The number of aromatic nitrogens is 4. The second-order valence-corrected chi connectivity index (χ2v) is 5.03. The van der Waals surface area contributed by atoms with Gasteiger partial charge in [-0.3, -0.25) is 0 Å². The summed E-state index contributed by atoms with van der Waals surface area (Å²) in [7, 11) is 0. The first-order chi connectivity index (χ1) is 10.8. The zero-order chi connectivity index (χ0) is 14.9. The van der Waals surface area contributed by atoms with E-state index in [1.807, 2.05) is 36.4 Å². The molecule has 0 amide bonds. The first-order valence-corrected chi connectivity index (χ1v) is 6.87. The number of H-pyrrole nitrogens is 1. The maximum atomic E-state index is 9.76. The third-order valence-corrected chi connectivity index (χ3v) is 3.62. The SMILES string of the molecule is Oc1ccc2c(-c3ccccc3)cc(-c3nn[nH]n3)cc2c1. The van der Waals surface area contributed by atoms with E-state index in [9.17, 15) is 5.11 Å². The topological polar surface area (TPSA) is 74.7 Å². The first kappa shape index (κ1) is 12.5.